The fraction of sp³-hybridized carbons (Fsp3) is 0.846. The third-order valence-corrected chi connectivity index (χ3v) is 4.29. The van der Waals surface area contributed by atoms with E-state index in [2.05, 4.69) is 12.2 Å². The number of urea groups is 1. The van der Waals surface area contributed by atoms with E-state index in [0.717, 1.165) is 38.8 Å². The molecular weight excluding hydrogens is 232 g/mol. The molecule has 1 saturated heterocycles. The summed E-state index contributed by atoms with van der Waals surface area (Å²) >= 11 is 0. The standard InChI is InChI=1S/C13H22N2O3/c1-2-9-6-7-15(8-9)13(18)14-11-5-3-4-10(11)12(16)17/h9-11H,2-8H2,1H3,(H,14,18)(H,16,17). The summed E-state index contributed by atoms with van der Waals surface area (Å²) in [5.74, 6) is -0.584. The number of aliphatic carboxylic acids is 1. The SMILES string of the molecule is CCC1CCN(C(=O)NC2CCCC2C(=O)O)C1. The highest BCUT2D eigenvalue weighted by atomic mass is 16.4. The normalized spacial score (nSPS) is 31.6. The third-order valence-electron chi connectivity index (χ3n) is 4.29. The summed E-state index contributed by atoms with van der Waals surface area (Å²) in [5, 5.41) is 12.0. The van der Waals surface area contributed by atoms with E-state index >= 15 is 0 Å². The summed E-state index contributed by atoms with van der Waals surface area (Å²) in [6, 6.07) is -0.264. The lowest BCUT2D eigenvalue weighted by molar-refractivity contribution is -0.142. The van der Waals surface area contributed by atoms with Crippen molar-refractivity contribution in [2.45, 2.75) is 45.1 Å². The van der Waals surface area contributed by atoms with E-state index < -0.39 is 11.9 Å². The van der Waals surface area contributed by atoms with Crippen LogP contribution in [0.4, 0.5) is 4.79 Å². The fourth-order valence-electron chi connectivity index (χ4n) is 3.03. The van der Waals surface area contributed by atoms with Gasteiger partial charge in [0.1, 0.15) is 0 Å². The molecule has 2 amide bonds. The van der Waals surface area contributed by atoms with Gasteiger partial charge in [0.2, 0.25) is 0 Å². The highest BCUT2D eigenvalue weighted by Crippen LogP contribution is 2.26. The van der Waals surface area contributed by atoms with E-state index in [1.165, 1.54) is 0 Å². The highest BCUT2D eigenvalue weighted by molar-refractivity contribution is 5.77. The summed E-state index contributed by atoms with van der Waals surface area (Å²) in [6.07, 6.45) is 4.52. The van der Waals surface area contributed by atoms with Crippen molar-refractivity contribution < 1.29 is 14.7 Å². The van der Waals surface area contributed by atoms with Gasteiger partial charge in [-0.05, 0) is 25.2 Å². The number of carboxylic acid groups (broad SMARTS) is 1. The summed E-state index contributed by atoms with van der Waals surface area (Å²) in [5.41, 5.74) is 0. The maximum atomic E-state index is 12.1. The molecule has 102 valence electrons. The van der Waals surface area contributed by atoms with Gasteiger partial charge in [-0.2, -0.15) is 0 Å². The molecule has 1 aliphatic heterocycles. The van der Waals surface area contributed by atoms with E-state index in [4.69, 9.17) is 5.11 Å². The molecule has 2 fully saturated rings. The first-order chi connectivity index (χ1) is 8.61. The van der Waals surface area contributed by atoms with Gasteiger partial charge in [-0.3, -0.25) is 4.79 Å². The number of carbonyl (C=O) groups is 2. The second-order valence-electron chi connectivity index (χ2n) is 5.44. The van der Waals surface area contributed by atoms with Gasteiger partial charge in [-0.15, -0.1) is 0 Å². The number of hydrogen-bond donors (Lipinski definition) is 2. The zero-order valence-corrected chi connectivity index (χ0v) is 10.9. The Morgan fingerprint density at radius 3 is 2.72 bits per heavy atom. The molecule has 2 N–H and O–H groups in total. The van der Waals surface area contributed by atoms with Crippen molar-refractivity contribution in [2.24, 2.45) is 11.8 Å². The van der Waals surface area contributed by atoms with Gasteiger partial charge in [0.25, 0.3) is 0 Å². The number of carboxylic acids is 1. The van der Waals surface area contributed by atoms with Crippen LogP contribution in [0.2, 0.25) is 0 Å². The number of amides is 2. The predicted molar refractivity (Wildman–Crippen MR) is 67.3 cm³/mol. The minimum atomic E-state index is -0.786. The van der Waals surface area contributed by atoms with Crippen molar-refractivity contribution in [3.05, 3.63) is 0 Å². The van der Waals surface area contributed by atoms with Crippen LogP contribution in [0.1, 0.15) is 39.0 Å². The Labute approximate surface area is 108 Å². The maximum Gasteiger partial charge on any atom is 0.317 e. The molecule has 2 aliphatic rings. The second-order valence-corrected chi connectivity index (χ2v) is 5.44. The first-order valence-electron chi connectivity index (χ1n) is 6.90. The van der Waals surface area contributed by atoms with Crippen molar-refractivity contribution in [3.8, 4) is 0 Å². The average Bonchev–Trinajstić information content (AvgIpc) is 2.96. The van der Waals surface area contributed by atoms with Crippen LogP contribution < -0.4 is 5.32 Å². The lowest BCUT2D eigenvalue weighted by Gasteiger charge is -2.23. The molecule has 5 heteroatoms. The third kappa shape index (κ3) is 2.76. The molecule has 3 unspecified atom stereocenters. The van der Waals surface area contributed by atoms with E-state index in [1.54, 1.807) is 0 Å². The number of nitrogens with one attached hydrogen (secondary N) is 1. The van der Waals surface area contributed by atoms with Gasteiger partial charge in [0.15, 0.2) is 0 Å². The summed E-state index contributed by atoms with van der Waals surface area (Å²) in [4.78, 5) is 24.9. The largest absolute Gasteiger partial charge is 0.481 e. The molecule has 0 aromatic heterocycles. The zero-order valence-electron chi connectivity index (χ0n) is 10.9. The molecular formula is C13H22N2O3. The molecule has 1 aliphatic carbocycles. The number of rotatable bonds is 3. The van der Waals surface area contributed by atoms with E-state index in [9.17, 15) is 9.59 Å². The van der Waals surface area contributed by atoms with Crippen LogP contribution in [0.25, 0.3) is 0 Å². The molecule has 3 atom stereocenters. The Morgan fingerprint density at radius 1 is 1.33 bits per heavy atom. The molecule has 0 aromatic carbocycles. The molecule has 0 bridgehead atoms. The van der Waals surface area contributed by atoms with Crippen molar-refractivity contribution in [1.29, 1.82) is 0 Å². The van der Waals surface area contributed by atoms with Crippen LogP contribution in [0.15, 0.2) is 0 Å². The lowest BCUT2D eigenvalue weighted by Crippen LogP contribution is -2.46. The van der Waals surface area contributed by atoms with Crippen LogP contribution >= 0.6 is 0 Å². The van der Waals surface area contributed by atoms with Crippen molar-refractivity contribution in [2.75, 3.05) is 13.1 Å². The summed E-state index contributed by atoms with van der Waals surface area (Å²) < 4.78 is 0. The minimum absolute atomic E-state index is 0.0795. The Morgan fingerprint density at radius 2 is 2.11 bits per heavy atom. The van der Waals surface area contributed by atoms with E-state index in [1.807, 2.05) is 4.90 Å². The Balaban J connectivity index is 1.86. The second kappa shape index (κ2) is 5.59. The first kappa shape index (κ1) is 13.2. The van der Waals surface area contributed by atoms with Gasteiger partial charge >= 0.3 is 12.0 Å². The summed E-state index contributed by atoms with van der Waals surface area (Å²) in [7, 11) is 0. The molecule has 0 aromatic rings. The Hall–Kier alpha value is -1.26. The molecule has 5 nitrogen and oxygen atoms in total. The van der Waals surface area contributed by atoms with E-state index in [0.29, 0.717) is 12.3 Å². The van der Waals surface area contributed by atoms with Crippen LogP contribution in [0.3, 0.4) is 0 Å². The van der Waals surface area contributed by atoms with Gasteiger partial charge in [0.05, 0.1) is 5.92 Å². The molecule has 2 rings (SSSR count). The van der Waals surface area contributed by atoms with Crippen LogP contribution in [0.5, 0.6) is 0 Å². The molecule has 18 heavy (non-hydrogen) atoms. The van der Waals surface area contributed by atoms with Gasteiger partial charge < -0.3 is 15.3 Å². The van der Waals surface area contributed by atoms with Crippen LogP contribution in [0, 0.1) is 11.8 Å². The van der Waals surface area contributed by atoms with E-state index in [-0.39, 0.29) is 12.1 Å². The monoisotopic (exact) mass is 254 g/mol. The highest BCUT2D eigenvalue weighted by Gasteiger charge is 2.35. The first-order valence-corrected chi connectivity index (χ1v) is 6.90. The minimum Gasteiger partial charge on any atom is -0.481 e. The molecule has 1 saturated carbocycles. The van der Waals surface area contributed by atoms with Crippen molar-refractivity contribution in [1.82, 2.24) is 10.2 Å². The van der Waals surface area contributed by atoms with Crippen molar-refractivity contribution >= 4 is 12.0 Å². The van der Waals surface area contributed by atoms with Crippen LogP contribution in [-0.2, 0) is 4.79 Å². The summed E-state index contributed by atoms with van der Waals surface area (Å²) in [6.45, 7) is 3.76. The van der Waals surface area contributed by atoms with Gasteiger partial charge in [-0.1, -0.05) is 19.8 Å². The molecule has 0 spiro atoms. The van der Waals surface area contributed by atoms with Crippen molar-refractivity contribution in [3.63, 3.8) is 0 Å². The zero-order chi connectivity index (χ0) is 13.1. The molecule has 0 radical (unpaired) electrons. The number of carbonyl (C=O) groups excluding carboxylic acids is 1. The number of nitrogens with zero attached hydrogens (tertiary/aromatic N) is 1. The average molecular weight is 254 g/mol. The molecule has 1 heterocycles. The van der Waals surface area contributed by atoms with Gasteiger partial charge in [0, 0.05) is 19.1 Å². The smallest absolute Gasteiger partial charge is 0.317 e. The fourth-order valence-corrected chi connectivity index (χ4v) is 3.03. The maximum absolute atomic E-state index is 12.1. The quantitative estimate of drug-likeness (QED) is 0.805. The van der Waals surface area contributed by atoms with Gasteiger partial charge in [-0.25, -0.2) is 4.79 Å². The topological polar surface area (TPSA) is 69.6 Å². The van der Waals surface area contributed by atoms with Crippen LogP contribution in [-0.4, -0.2) is 41.1 Å². The lowest BCUT2D eigenvalue weighted by atomic mass is 10.0. The Bertz CT molecular complexity index is 332. The predicted octanol–water partition coefficient (Wildman–Crippen LogP) is 1.68. The number of hydrogen-bond acceptors (Lipinski definition) is 2. The number of likely N-dealkylation sites (tertiary alicyclic amines) is 1. The Kier molecular flexibility index (Phi) is 4.09.